The third-order valence-corrected chi connectivity index (χ3v) is 6.15. The van der Waals surface area contributed by atoms with Crippen molar-refractivity contribution in [1.82, 2.24) is 9.80 Å². The third kappa shape index (κ3) is 5.12. The van der Waals surface area contributed by atoms with Gasteiger partial charge in [0.05, 0.1) is 11.5 Å². The van der Waals surface area contributed by atoms with Crippen molar-refractivity contribution in [2.24, 2.45) is 0 Å². The minimum atomic E-state index is -0.0564. The second-order valence-corrected chi connectivity index (χ2v) is 8.13. The number of amides is 1. The van der Waals surface area contributed by atoms with E-state index in [4.69, 9.17) is 4.74 Å². The van der Waals surface area contributed by atoms with Crippen molar-refractivity contribution >= 4 is 17.2 Å². The van der Waals surface area contributed by atoms with Crippen LogP contribution in [0.15, 0.2) is 78.2 Å². The lowest BCUT2D eigenvalue weighted by molar-refractivity contribution is 0.0410. The first kappa shape index (κ1) is 19.8. The smallest absolute Gasteiger partial charge is 0.264 e. The molecular formula is C24H26N2O2S. The molecule has 4 nitrogen and oxygen atoms in total. The third-order valence-electron chi connectivity index (χ3n) is 5.29. The lowest BCUT2D eigenvalue weighted by atomic mass is 10.0. The predicted molar refractivity (Wildman–Crippen MR) is 117 cm³/mol. The van der Waals surface area contributed by atoms with Gasteiger partial charge < -0.3 is 9.64 Å². The molecule has 4 rings (SSSR count). The molecular weight excluding hydrogens is 380 g/mol. The molecule has 150 valence electrons. The van der Waals surface area contributed by atoms with Gasteiger partial charge in [-0.15, -0.1) is 11.3 Å². The fourth-order valence-electron chi connectivity index (χ4n) is 3.67. The van der Waals surface area contributed by atoms with Gasteiger partial charge in [-0.1, -0.05) is 66.7 Å². The molecule has 0 saturated carbocycles. The summed E-state index contributed by atoms with van der Waals surface area (Å²) in [5.74, 6) is 0.157. The number of carbonyl (C=O) groups is 1. The fourth-order valence-corrected chi connectivity index (χ4v) is 4.36. The Labute approximate surface area is 176 Å². The SMILES string of the molecule is O=C(c1cccs1)N1CCN(CCOC(c2ccccc2)c2ccccc2)CC1. The Morgan fingerprint density at radius 1 is 0.862 bits per heavy atom. The van der Waals surface area contributed by atoms with Crippen LogP contribution in [0.2, 0.25) is 0 Å². The van der Waals surface area contributed by atoms with E-state index in [1.54, 1.807) is 0 Å². The molecule has 1 aliphatic rings. The maximum atomic E-state index is 12.5. The number of hydrogen-bond donors (Lipinski definition) is 0. The minimum absolute atomic E-state index is 0.0564. The highest BCUT2D eigenvalue weighted by Gasteiger charge is 2.23. The van der Waals surface area contributed by atoms with Crippen LogP contribution in [0.1, 0.15) is 26.9 Å². The van der Waals surface area contributed by atoms with E-state index >= 15 is 0 Å². The van der Waals surface area contributed by atoms with E-state index in [0.717, 1.165) is 37.6 Å². The molecule has 1 aliphatic heterocycles. The maximum Gasteiger partial charge on any atom is 0.264 e. The molecule has 0 aliphatic carbocycles. The number of hydrogen-bond acceptors (Lipinski definition) is 4. The lowest BCUT2D eigenvalue weighted by Crippen LogP contribution is -2.49. The molecule has 0 bridgehead atoms. The molecule has 2 heterocycles. The largest absolute Gasteiger partial charge is 0.367 e. The average molecular weight is 407 g/mol. The molecule has 0 N–H and O–H groups in total. The number of ether oxygens (including phenoxy) is 1. The normalized spacial score (nSPS) is 15.0. The Hall–Kier alpha value is -2.47. The van der Waals surface area contributed by atoms with Crippen molar-refractivity contribution in [1.29, 1.82) is 0 Å². The Balaban J connectivity index is 1.29. The van der Waals surface area contributed by atoms with Gasteiger partial charge in [0, 0.05) is 32.7 Å². The zero-order valence-corrected chi connectivity index (χ0v) is 17.3. The Morgan fingerprint density at radius 3 is 2.03 bits per heavy atom. The molecule has 0 spiro atoms. The van der Waals surface area contributed by atoms with E-state index in [2.05, 4.69) is 53.4 Å². The Bertz CT molecular complexity index is 836. The van der Waals surface area contributed by atoms with Crippen molar-refractivity contribution in [3.63, 3.8) is 0 Å². The first-order chi connectivity index (χ1) is 14.3. The summed E-state index contributed by atoms with van der Waals surface area (Å²) >= 11 is 1.51. The molecule has 29 heavy (non-hydrogen) atoms. The highest BCUT2D eigenvalue weighted by Crippen LogP contribution is 2.25. The summed E-state index contributed by atoms with van der Waals surface area (Å²) in [6, 6.07) is 24.6. The van der Waals surface area contributed by atoms with Crippen molar-refractivity contribution in [3.8, 4) is 0 Å². The summed E-state index contributed by atoms with van der Waals surface area (Å²) in [6.07, 6.45) is -0.0564. The summed E-state index contributed by atoms with van der Waals surface area (Å²) in [4.78, 5) is 17.6. The van der Waals surface area contributed by atoms with Crippen LogP contribution in [-0.4, -0.2) is 55.0 Å². The van der Waals surface area contributed by atoms with Gasteiger partial charge in [-0.05, 0) is 22.6 Å². The minimum Gasteiger partial charge on any atom is -0.367 e. The monoisotopic (exact) mass is 406 g/mol. The van der Waals surface area contributed by atoms with Crippen molar-refractivity contribution < 1.29 is 9.53 Å². The van der Waals surface area contributed by atoms with Crippen molar-refractivity contribution in [3.05, 3.63) is 94.2 Å². The second-order valence-electron chi connectivity index (χ2n) is 7.18. The van der Waals surface area contributed by atoms with E-state index in [9.17, 15) is 4.79 Å². The number of nitrogens with zero attached hydrogens (tertiary/aromatic N) is 2. The number of rotatable bonds is 7. The molecule has 0 radical (unpaired) electrons. The van der Waals surface area contributed by atoms with Crippen LogP contribution < -0.4 is 0 Å². The van der Waals surface area contributed by atoms with Gasteiger partial charge in [0.25, 0.3) is 5.91 Å². The molecule has 2 aromatic carbocycles. The first-order valence-corrected chi connectivity index (χ1v) is 11.0. The van der Waals surface area contributed by atoms with E-state index in [0.29, 0.717) is 6.61 Å². The molecule has 3 aromatic rings. The van der Waals surface area contributed by atoms with Crippen molar-refractivity contribution in [2.45, 2.75) is 6.10 Å². The number of carbonyl (C=O) groups excluding carboxylic acids is 1. The quantitative estimate of drug-likeness (QED) is 0.586. The van der Waals surface area contributed by atoms with Gasteiger partial charge >= 0.3 is 0 Å². The molecule has 1 fully saturated rings. The van der Waals surface area contributed by atoms with Crippen LogP contribution in [0.4, 0.5) is 0 Å². The Kier molecular flexibility index (Phi) is 6.72. The highest BCUT2D eigenvalue weighted by atomic mass is 32.1. The fraction of sp³-hybridized carbons (Fsp3) is 0.292. The van der Waals surface area contributed by atoms with Crippen LogP contribution in [0, 0.1) is 0 Å². The molecule has 0 atom stereocenters. The van der Waals surface area contributed by atoms with E-state index in [1.807, 2.05) is 34.5 Å². The standard InChI is InChI=1S/C24H26N2O2S/c27-24(22-12-7-19-29-22)26-15-13-25(14-16-26)17-18-28-23(20-8-3-1-4-9-20)21-10-5-2-6-11-21/h1-12,19,23H,13-18H2. The van der Waals surface area contributed by atoms with E-state index in [1.165, 1.54) is 22.5 Å². The lowest BCUT2D eigenvalue weighted by Gasteiger charge is -2.34. The molecule has 1 amide bonds. The van der Waals surface area contributed by atoms with Gasteiger partial charge in [-0.25, -0.2) is 0 Å². The van der Waals surface area contributed by atoms with Gasteiger partial charge in [-0.3, -0.25) is 9.69 Å². The Morgan fingerprint density at radius 2 is 1.48 bits per heavy atom. The molecule has 5 heteroatoms. The maximum absolute atomic E-state index is 12.5. The van der Waals surface area contributed by atoms with E-state index in [-0.39, 0.29) is 12.0 Å². The average Bonchev–Trinajstić information content (AvgIpc) is 3.33. The van der Waals surface area contributed by atoms with Crippen LogP contribution in [0.5, 0.6) is 0 Å². The van der Waals surface area contributed by atoms with E-state index < -0.39 is 0 Å². The first-order valence-electron chi connectivity index (χ1n) is 10.1. The van der Waals surface area contributed by atoms with Crippen LogP contribution in [-0.2, 0) is 4.74 Å². The number of benzene rings is 2. The molecule has 1 aromatic heterocycles. The van der Waals surface area contributed by atoms with Crippen LogP contribution >= 0.6 is 11.3 Å². The van der Waals surface area contributed by atoms with Gasteiger partial charge in [-0.2, -0.15) is 0 Å². The van der Waals surface area contributed by atoms with Crippen LogP contribution in [0.25, 0.3) is 0 Å². The summed E-state index contributed by atoms with van der Waals surface area (Å²) < 4.78 is 6.33. The topological polar surface area (TPSA) is 32.8 Å². The number of thiophene rings is 1. The van der Waals surface area contributed by atoms with Crippen LogP contribution in [0.3, 0.4) is 0 Å². The predicted octanol–water partition coefficient (Wildman–Crippen LogP) is 4.31. The summed E-state index contributed by atoms with van der Waals surface area (Å²) in [6.45, 7) is 4.86. The second kappa shape index (κ2) is 9.83. The molecule has 1 saturated heterocycles. The van der Waals surface area contributed by atoms with Crippen molar-refractivity contribution in [2.75, 3.05) is 39.3 Å². The molecule has 0 unspecified atom stereocenters. The summed E-state index contributed by atoms with van der Waals surface area (Å²) in [5.41, 5.74) is 2.34. The highest BCUT2D eigenvalue weighted by molar-refractivity contribution is 7.12. The zero-order chi connectivity index (χ0) is 19.9. The summed E-state index contributed by atoms with van der Waals surface area (Å²) in [7, 11) is 0. The number of piperazine rings is 1. The van der Waals surface area contributed by atoms with Gasteiger partial charge in [0.15, 0.2) is 0 Å². The zero-order valence-electron chi connectivity index (χ0n) is 16.4. The van der Waals surface area contributed by atoms with Gasteiger partial charge in [0.2, 0.25) is 0 Å². The summed E-state index contributed by atoms with van der Waals surface area (Å²) in [5, 5.41) is 1.96. The van der Waals surface area contributed by atoms with Gasteiger partial charge in [0.1, 0.15) is 6.10 Å².